The first kappa shape index (κ1) is 16.1. The van der Waals surface area contributed by atoms with Crippen LogP contribution < -0.4 is 10.6 Å². The van der Waals surface area contributed by atoms with E-state index in [1.165, 1.54) is 11.9 Å². The molecule has 112 valence electrons. The number of rotatable bonds is 4. The first-order valence-corrected chi connectivity index (χ1v) is 5.89. The highest BCUT2D eigenvalue weighted by atomic mass is 19.4. The van der Waals surface area contributed by atoms with Crippen LogP contribution in [0.5, 0.6) is 0 Å². The van der Waals surface area contributed by atoms with Crippen LogP contribution in [-0.2, 0) is 0 Å². The third-order valence-corrected chi connectivity index (χ3v) is 2.81. The molecule has 0 spiro atoms. The summed E-state index contributed by atoms with van der Waals surface area (Å²) in [5.41, 5.74) is 7.50. The lowest BCUT2D eigenvalue weighted by molar-refractivity contribution is -0.132. The Balaban J connectivity index is 3.15. The van der Waals surface area contributed by atoms with Gasteiger partial charge < -0.3 is 15.8 Å². The van der Waals surface area contributed by atoms with Gasteiger partial charge in [0.1, 0.15) is 0 Å². The average molecular weight is 290 g/mol. The van der Waals surface area contributed by atoms with Crippen LogP contribution in [0.4, 0.5) is 18.9 Å². The third kappa shape index (κ3) is 4.01. The zero-order chi connectivity index (χ0) is 15.5. The number of hydrogen-bond donors (Lipinski definition) is 2. The van der Waals surface area contributed by atoms with Gasteiger partial charge in [0.05, 0.1) is 23.4 Å². The molecule has 0 amide bonds. The van der Waals surface area contributed by atoms with Gasteiger partial charge in [-0.05, 0) is 19.9 Å². The topological polar surface area (TPSA) is 74.7 Å². The van der Waals surface area contributed by atoms with Crippen molar-refractivity contribution in [3.8, 4) is 0 Å². The number of hydrogen-bond acceptors (Lipinski definition) is 4. The summed E-state index contributed by atoms with van der Waals surface area (Å²) in [6.45, 7) is 3.16. The Morgan fingerprint density at radius 3 is 2.55 bits per heavy atom. The van der Waals surface area contributed by atoms with Gasteiger partial charge in [-0.15, -0.1) is 0 Å². The molecule has 0 saturated carbocycles. The molecule has 0 aliphatic carbocycles. The van der Waals surface area contributed by atoms with Crippen LogP contribution in [0.1, 0.15) is 23.4 Å². The van der Waals surface area contributed by atoms with E-state index in [1.807, 2.05) is 0 Å². The largest absolute Gasteiger partial charge is 0.409 e. The van der Waals surface area contributed by atoms with Crippen LogP contribution >= 0.6 is 0 Å². The summed E-state index contributed by atoms with van der Waals surface area (Å²) in [5, 5.41) is 11.7. The maximum absolute atomic E-state index is 12.3. The van der Waals surface area contributed by atoms with E-state index in [1.54, 1.807) is 19.9 Å². The summed E-state index contributed by atoms with van der Waals surface area (Å²) in [7, 11) is 1.52. The summed E-state index contributed by atoms with van der Waals surface area (Å²) >= 11 is 0. The molecule has 8 heteroatoms. The van der Waals surface area contributed by atoms with Gasteiger partial charge in [0.15, 0.2) is 5.84 Å². The van der Waals surface area contributed by atoms with E-state index in [9.17, 15) is 13.2 Å². The van der Waals surface area contributed by atoms with Crippen molar-refractivity contribution in [3.05, 3.63) is 23.0 Å². The molecule has 0 aliphatic rings. The molecule has 0 radical (unpaired) electrons. The summed E-state index contributed by atoms with van der Waals surface area (Å²) < 4.78 is 36.9. The number of halogens is 3. The van der Waals surface area contributed by atoms with Crippen LogP contribution in [0.25, 0.3) is 0 Å². The van der Waals surface area contributed by atoms with Gasteiger partial charge in [-0.25, -0.2) is 0 Å². The van der Waals surface area contributed by atoms with E-state index >= 15 is 0 Å². The highest BCUT2D eigenvalue weighted by Crippen LogP contribution is 2.26. The standard InChI is InChI=1S/C12H17F3N4O/c1-7-6-9(19(3)5-4-12(13,14)15)10(8(2)17-7)11(16)18-20/h6,20H,4-5H2,1-3H3,(H2,16,18). The first-order valence-electron chi connectivity index (χ1n) is 5.89. The molecule has 1 heterocycles. The molecule has 0 fully saturated rings. The number of aromatic nitrogens is 1. The van der Waals surface area contributed by atoms with Crippen LogP contribution in [0.3, 0.4) is 0 Å². The van der Waals surface area contributed by atoms with E-state index in [0.29, 0.717) is 22.6 Å². The lowest BCUT2D eigenvalue weighted by Gasteiger charge is -2.24. The Morgan fingerprint density at radius 2 is 2.05 bits per heavy atom. The Morgan fingerprint density at radius 1 is 1.45 bits per heavy atom. The monoisotopic (exact) mass is 290 g/mol. The number of aryl methyl sites for hydroxylation is 2. The Labute approximate surface area is 114 Å². The van der Waals surface area contributed by atoms with Gasteiger partial charge >= 0.3 is 6.18 Å². The van der Waals surface area contributed by atoms with Crippen LogP contribution in [0.15, 0.2) is 11.2 Å². The van der Waals surface area contributed by atoms with Gasteiger partial charge in [0.25, 0.3) is 0 Å². The maximum Gasteiger partial charge on any atom is 0.390 e. The van der Waals surface area contributed by atoms with E-state index in [2.05, 4.69) is 10.1 Å². The summed E-state index contributed by atoms with van der Waals surface area (Å²) in [5.74, 6) is -0.177. The molecule has 1 aromatic rings. The molecule has 20 heavy (non-hydrogen) atoms. The average Bonchev–Trinajstić information content (AvgIpc) is 2.33. The zero-order valence-corrected chi connectivity index (χ0v) is 11.5. The van der Waals surface area contributed by atoms with E-state index < -0.39 is 12.6 Å². The highest BCUT2D eigenvalue weighted by molar-refractivity contribution is 6.03. The Hall–Kier alpha value is -1.99. The predicted molar refractivity (Wildman–Crippen MR) is 70.2 cm³/mol. The van der Waals surface area contributed by atoms with Gasteiger partial charge in [-0.2, -0.15) is 13.2 Å². The minimum absolute atomic E-state index is 0.177. The van der Waals surface area contributed by atoms with Gasteiger partial charge in [-0.3, -0.25) is 4.98 Å². The molecule has 0 unspecified atom stereocenters. The van der Waals surface area contributed by atoms with Gasteiger partial charge in [-0.1, -0.05) is 5.16 Å². The number of pyridine rings is 1. The molecular formula is C12H17F3N4O. The number of nitrogens with two attached hydrogens (primary N) is 1. The van der Waals surface area contributed by atoms with Crippen molar-refractivity contribution in [2.75, 3.05) is 18.5 Å². The molecule has 0 bridgehead atoms. The molecule has 0 saturated heterocycles. The fourth-order valence-electron chi connectivity index (χ4n) is 1.89. The minimum Gasteiger partial charge on any atom is -0.409 e. The predicted octanol–water partition coefficient (Wildman–Crippen LogP) is 2.18. The molecular weight excluding hydrogens is 273 g/mol. The van der Waals surface area contributed by atoms with Crippen molar-refractivity contribution in [1.82, 2.24) is 4.98 Å². The number of anilines is 1. The minimum atomic E-state index is -4.23. The second kappa shape index (κ2) is 5.98. The van der Waals surface area contributed by atoms with Crippen molar-refractivity contribution >= 4 is 11.5 Å². The number of nitrogens with zero attached hydrogens (tertiary/aromatic N) is 3. The molecule has 5 nitrogen and oxygen atoms in total. The summed E-state index contributed by atoms with van der Waals surface area (Å²) in [6.07, 6.45) is -5.18. The fourth-order valence-corrected chi connectivity index (χ4v) is 1.89. The molecule has 1 rings (SSSR count). The molecule has 0 atom stereocenters. The first-order chi connectivity index (χ1) is 9.15. The second-order valence-corrected chi connectivity index (χ2v) is 4.52. The zero-order valence-electron chi connectivity index (χ0n) is 11.5. The quantitative estimate of drug-likeness (QED) is 0.386. The van der Waals surface area contributed by atoms with Crippen LogP contribution in [0, 0.1) is 13.8 Å². The summed E-state index contributed by atoms with van der Waals surface area (Å²) in [4.78, 5) is 5.59. The van der Waals surface area contributed by atoms with Crippen LogP contribution in [-0.4, -0.2) is 35.8 Å². The normalized spacial score (nSPS) is 12.6. The Kier molecular flexibility index (Phi) is 4.80. The maximum atomic E-state index is 12.3. The molecule has 1 aromatic heterocycles. The highest BCUT2D eigenvalue weighted by Gasteiger charge is 2.28. The number of amidine groups is 1. The summed E-state index contributed by atoms with van der Waals surface area (Å²) in [6, 6.07) is 1.61. The second-order valence-electron chi connectivity index (χ2n) is 4.52. The third-order valence-electron chi connectivity index (χ3n) is 2.81. The Bertz CT molecular complexity index is 514. The SMILES string of the molecule is Cc1cc(N(C)CCC(F)(F)F)c(/C(N)=N/O)c(C)n1. The molecule has 0 aliphatic heterocycles. The van der Waals surface area contributed by atoms with Crippen molar-refractivity contribution in [2.45, 2.75) is 26.4 Å². The van der Waals surface area contributed by atoms with E-state index in [-0.39, 0.29) is 12.4 Å². The lowest BCUT2D eigenvalue weighted by Crippen LogP contribution is -2.28. The van der Waals surface area contributed by atoms with Gasteiger partial charge in [0, 0.05) is 19.3 Å². The molecule has 0 aromatic carbocycles. The lowest BCUT2D eigenvalue weighted by atomic mass is 10.1. The van der Waals surface area contributed by atoms with Crippen molar-refractivity contribution < 1.29 is 18.4 Å². The van der Waals surface area contributed by atoms with Crippen molar-refractivity contribution in [3.63, 3.8) is 0 Å². The fraction of sp³-hybridized carbons (Fsp3) is 0.500. The number of oxime groups is 1. The van der Waals surface area contributed by atoms with Crippen LogP contribution in [0.2, 0.25) is 0 Å². The van der Waals surface area contributed by atoms with E-state index in [0.717, 1.165) is 0 Å². The van der Waals surface area contributed by atoms with Gasteiger partial charge in [0.2, 0.25) is 0 Å². The van der Waals surface area contributed by atoms with Crippen molar-refractivity contribution in [1.29, 1.82) is 0 Å². The van der Waals surface area contributed by atoms with Crippen molar-refractivity contribution in [2.24, 2.45) is 10.9 Å². The van der Waals surface area contributed by atoms with E-state index in [4.69, 9.17) is 10.9 Å². The smallest absolute Gasteiger partial charge is 0.390 e. The number of alkyl halides is 3. The molecule has 3 N–H and O–H groups in total.